The summed E-state index contributed by atoms with van der Waals surface area (Å²) in [4.78, 5) is 3.68. The Balaban J connectivity index is 1.75. The number of anilines is 1. The van der Waals surface area contributed by atoms with E-state index in [4.69, 9.17) is 0 Å². The second-order valence-electron chi connectivity index (χ2n) is 4.53. The van der Waals surface area contributed by atoms with E-state index in [1.54, 1.807) is 30.5 Å². The van der Waals surface area contributed by atoms with E-state index in [0.29, 0.717) is 11.3 Å². The zero-order valence-corrected chi connectivity index (χ0v) is 12.1. The van der Waals surface area contributed by atoms with Crippen LogP contribution in [0.25, 0.3) is 11.3 Å². The third-order valence-corrected chi connectivity index (χ3v) is 3.84. The lowest BCUT2D eigenvalue weighted by atomic mass is 10.1. The van der Waals surface area contributed by atoms with Crippen molar-refractivity contribution in [3.8, 4) is 11.3 Å². The van der Waals surface area contributed by atoms with Crippen molar-refractivity contribution < 1.29 is 13.2 Å². The summed E-state index contributed by atoms with van der Waals surface area (Å²) >= 11 is 1.11. The summed E-state index contributed by atoms with van der Waals surface area (Å²) < 4.78 is 43.1. The molecule has 2 aromatic carbocycles. The van der Waals surface area contributed by atoms with Crippen LogP contribution in [0.5, 0.6) is 0 Å². The van der Waals surface area contributed by atoms with Gasteiger partial charge in [-0.15, -0.1) is 0 Å². The summed E-state index contributed by atoms with van der Waals surface area (Å²) in [6.07, 6.45) is 1.66. The first kappa shape index (κ1) is 14.6. The van der Waals surface area contributed by atoms with Crippen molar-refractivity contribution in [2.24, 2.45) is 0 Å². The number of nitrogens with one attached hydrogen (secondary N) is 2. The van der Waals surface area contributed by atoms with Crippen LogP contribution in [-0.2, 0) is 0 Å². The third-order valence-electron chi connectivity index (χ3n) is 3.05. The Morgan fingerprint density at radius 3 is 2.50 bits per heavy atom. The van der Waals surface area contributed by atoms with Crippen LogP contribution in [0.1, 0.15) is 0 Å². The molecule has 3 rings (SSSR count). The maximum atomic E-state index is 13.7. The SMILES string of the molecule is Fc1ccccc1-c1cc(SNc2cccc(F)c2F)c[nH]1. The minimum absolute atomic E-state index is 0.0543. The standard InChI is InChI=1S/C16H11F3N2S/c17-12-5-2-1-4-11(12)15-8-10(9-20-15)22-21-14-7-3-6-13(18)16(14)19/h1-9,20-21H. The van der Waals surface area contributed by atoms with E-state index < -0.39 is 11.6 Å². The number of aromatic amines is 1. The fourth-order valence-electron chi connectivity index (χ4n) is 1.97. The minimum atomic E-state index is -0.931. The highest BCUT2D eigenvalue weighted by molar-refractivity contribution is 8.00. The first-order valence-corrected chi connectivity index (χ1v) is 7.27. The molecule has 3 aromatic rings. The van der Waals surface area contributed by atoms with Crippen LogP contribution in [0.3, 0.4) is 0 Å². The molecule has 1 heterocycles. The highest BCUT2D eigenvalue weighted by Crippen LogP contribution is 2.28. The van der Waals surface area contributed by atoms with Gasteiger partial charge in [0.1, 0.15) is 5.82 Å². The lowest BCUT2D eigenvalue weighted by Gasteiger charge is -2.05. The molecule has 0 aliphatic heterocycles. The molecule has 2 nitrogen and oxygen atoms in total. The second kappa shape index (κ2) is 6.19. The Hall–Kier alpha value is -2.34. The number of rotatable bonds is 4. The van der Waals surface area contributed by atoms with Crippen molar-refractivity contribution in [3.63, 3.8) is 0 Å². The molecule has 0 atom stereocenters. The average Bonchev–Trinajstić information content (AvgIpc) is 2.98. The van der Waals surface area contributed by atoms with Gasteiger partial charge in [-0.05, 0) is 42.3 Å². The van der Waals surface area contributed by atoms with Crippen molar-refractivity contribution in [3.05, 3.63) is 72.2 Å². The maximum Gasteiger partial charge on any atom is 0.182 e. The molecule has 0 aliphatic rings. The minimum Gasteiger partial charge on any atom is -0.360 e. The summed E-state index contributed by atoms with van der Waals surface area (Å²) in [5, 5.41) is 0. The largest absolute Gasteiger partial charge is 0.360 e. The van der Waals surface area contributed by atoms with Crippen LogP contribution in [0.4, 0.5) is 18.9 Å². The highest BCUT2D eigenvalue weighted by Gasteiger charge is 2.10. The van der Waals surface area contributed by atoms with Crippen LogP contribution in [0.15, 0.2) is 59.6 Å². The van der Waals surface area contributed by atoms with Gasteiger partial charge >= 0.3 is 0 Å². The fraction of sp³-hybridized carbons (Fsp3) is 0. The summed E-state index contributed by atoms with van der Waals surface area (Å²) in [6.45, 7) is 0. The van der Waals surface area contributed by atoms with E-state index in [1.165, 1.54) is 18.2 Å². The number of aromatic nitrogens is 1. The van der Waals surface area contributed by atoms with Gasteiger partial charge in [-0.25, -0.2) is 13.2 Å². The van der Waals surface area contributed by atoms with Crippen LogP contribution in [-0.4, -0.2) is 4.98 Å². The molecule has 0 saturated carbocycles. The molecule has 2 N–H and O–H groups in total. The fourth-order valence-corrected chi connectivity index (χ4v) is 2.65. The van der Waals surface area contributed by atoms with Crippen LogP contribution in [0.2, 0.25) is 0 Å². The van der Waals surface area contributed by atoms with Gasteiger partial charge in [0.25, 0.3) is 0 Å². The van der Waals surface area contributed by atoms with Crippen LogP contribution in [0, 0.1) is 17.5 Å². The van der Waals surface area contributed by atoms with Crippen molar-refractivity contribution in [1.82, 2.24) is 4.98 Å². The smallest absolute Gasteiger partial charge is 0.182 e. The van der Waals surface area contributed by atoms with Crippen LogP contribution < -0.4 is 4.72 Å². The third kappa shape index (κ3) is 2.96. The van der Waals surface area contributed by atoms with Gasteiger partial charge in [-0.2, -0.15) is 0 Å². The zero-order chi connectivity index (χ0) is 15.5. The molecule has 0 bridgehead atoms. The van der Waals surface area contributed by atoms with Gasteiger partial charge in [0.15, 0.2) is 11.6 Å². The van der Waals surface area contributed by atoms with Crippen molar-refractivity contribution in [2.45, 2.75) is 4.90 Å². The summed E-state index contributed by atoms with van der Waals surface area (Å²) in [6, 6.07) is 12.0. The Morgan fingerprint density at radius 2 is 1.68 bits per heavy atom. The topological polar surface area (TPSA) is 27.8 Å². The number of hydrogen-bond acceptors (Lipinski definition) is 2. The molecule has 0 amide bonds. The van der Waals surface area contributed by atoms with Crippen molar-refractivity contribution in [1.29, 1.82) is 0 Å². The van der Waals surface area contributed by atoms with Gasteiger partial charge in [-0.3, -0.25) is 0 Å². The monoisotopic (exact) mass is 320 g/mol. The van der Waals surface area contributed by atoms with E-state index in [1.807, 2.05) is 0 Å². The summed E-state index contributed by atoms with van der Waals surface area (Å²) in [7, 11) is 0. The van der Waals surface area contributed by atoms with Gasteiger partial charge < -0.3 is 9.71 Å². The molecular weight excluding hydrogens is 309 g/mol. The summed E-state index contributed by atoms with van der Waals surface area (Å²) in [5.74, 6) is -2.17. The quantitative estimate of drug-likeness (QED) is 0.645. The highest BCUT2D eigenvalue weighted by atomic mass is 32.2. The average molecular weight is 320 g/mol. The molecule has 0 radical (unpaired) electrons. The molecule has 112 valence electrons. The number of hydrogen-bond donors (Lipinski definition) is 2. The molecular formula is C16H11F3N2S. The molecule has 1 aromatic heterocycles. The Morgan fingerprint density at radius 1 is 0.909 bits per heavy atom. The second-order valence-corrected chi connectivity index (χ2v) is 5.41. The predicted octanol–water partition coefficient (Wildman–Crippen LogP) is 5.22. The lowest BCUT2D eigenvalue weighted by Crippen LogP contribution is -1.93. The van der Waals surface area contributed by atoms with Crippen molar-refractivity contribution >= 4 is 17.6 Å². The number of H-pyrrole nitrogens is 1. The molecule has 0 unspecified atom stereocenters. The van der Waals surface area contributed by atoms with E-state index >= 15 is 0 Å². The van der Waals surface area contributed by atoms with Crippen molar-refractivity contribution in [2.75, 3.05) is 4.72 Å². The van der Waals surface area contributed by atoms with E-state index in [2.05, 4.69) is 9.71 Å². The first-order valence-electron chi connectivity index (χ1n) is 6.45. The molecule has 0 spiro atoms. The Kier molecular flexibility index (Phi) is 4.11. The summed E-state index contributed by atoms with van der Waals surface area (Å²) in [5.41, 5.74) is 1.12. The van der Waals surface area contributed by atoms with Crippen LogP contribution >= 0.6 is 11.9 Å². The molecule has 0 saturated heterocycles. The molecule has 22 heavy (non-hydrogen) atoms. The molecule has 0 aliphatic carbocycles. The van der Waals surface area contributed by atoms with Gasteiger partial charge in [0.05, 0.1) is 5.69 Å². The number of halogens is 3. The Bertz CT molecular complexity index is 802. The number of benzene rings is 2. The Labute approximate surface area is 129 Å². The first-order chi connectivity index (χ1) is 10.6. The normalized spacial score (nSPS) is 10.7. The maximum absolute atomic E-state index is 13.7. The zero-order valence-electron chi connectivity index (χ0n) is 11.2. The van der Waals surface area contributed by atoms with E-state index in [9.17, 15) is 13.2 Å². The molecule has 0 fully saturated rings. The lowest BCUT2D eigenvalue weighted by molar-refractivity contribution is 0.512. The van der Waals surface area contributed by atoms with Gasteiger partial charge in [0.2, 0.25) is 0 Å². The van der Waals surface area contributed by atoms with Gasteiger partial charge in [-0.1, -0.05) is 18.2 Å². The van der Waals surface area contributed by atoms with Gasteiger partial charge in [0, 0.05) is 22.3 Å². The van der Waals surface area contributed by atoms with E-state index in [-0.39, 0.29) is 11.5 Å². The predicted molar refractivity (Wildman–Crippen MR) is 82.0 cm³/mol. The molecule has 6 heteroatoms. The van der Waals surface area contributed by atoms with E-state index in [0.717, 1.165) is 22.9 Å².